The van der Waals surface area contributed by atoms with Crippen LogP contribution in [0.25, 0.3) is 0 Å². The van der Waals surface area contributed by atoms with Gasteiger partial charge in [-0.2, -0.15) is 0 Å². The van der Waals surface area contributed by atoms with Gasteiger partial charge in [-0.15, -0.1) is 0 Å². The van der Waals surface area contributed by atoms with Crippen molar-refractivity contribution in [2.24, 2.45) is 0 Å². The highest BCUT2D eigenvalue weighted by atomic mass is 15.1. The van der Waals surface area contributed by atoms with Crippen LogP contribution in [0.3, 0.4) is 0 Å². The van der Waals surface area contributed by atoms with E-state index in [1.165, 1.54) is 51.7 Å². The fourth-order valence-corrected chi connectivity index (χ4v) is 1.95. The van der Waals surface area contributed by atoms with Gasteiger partial charge in [0.1, 0.15) is 0 Å². The molecule has 1 saturated heterocycles. The van der Waals surface area contributed by atoms with E-state index in [4.69, 9.17) is 0 Å². The fourth-order valence-electron chi connectivity index (χ4n) is 1.95. The largest absolute Gasteiger partial charge is 0.317 e. The van der Waals surface area contributed by atoms with Gasteiger partial charge in [0.05, 0.1) is 0 Å². The van der Waals surface area contributed by atoms with Crippen molar-refractivity contribution in [1.82, 2.24) is 10.2 Å². The summed E-state index contributed by atoms with van der Waals surface area (Å²) in [5.74, 6) is 0. The average molecular weight is 184 g/mol. The van der Waals surface area contributed by atoms with Crippen LogP contribution in [0.4, 0.5) is 0 Å². The minimum absolute atomic E-state index is 0.685. The second-order valence-corrected chi connectivity index (χ2v) is 4.23. The Morgan fingerprint density at radius 3 is 2.54 bits per heavy atom. The molecule has 1 heterocycles. The van der Waals surface area contributed by atoms with Gasteiger partial charge < -0.3 is 10.2 Å². The molecular formula is C11H24N2. The van der Waals surface area contributed by atoms with Gasteiger partial charge in [-0.05, 0) is 59.3 Å². The lowest BCUT2D eigenvalue weighted by Crippen LogP contribution is -2.31. The van der Waals surface area contributed by atoms with E-state index < -0.39 is 0 Å². The minimum Gasteiger partial charge on any atom is -0.317 e. The molecule has 0 spiro atoms. The second kappa shape index (κ2) is 6.39. The highest BCUT2D eigenvalue weighted by Gasteiger charge is 2.09. The Labute approximate surface area is 82.7 Å². The number of likely N-dealkylation sites (tertiary alicyclic amines) is 1. The maximum Gasteiger partial charge on any atom is 0.00362 e. The summed E-state index contributed by atoms with van der Waals surface area (Å²) >= 11 is 0. The molecule has 1 atom stereocenters. The second-order valence-electron chi connectivity index (χ2n) is 4.23. The number of rotatable bonds is 5. The zero-order valence-corrected chi connectivity index (χ0v) is 9.18. The van der Waals surface area contributed by atoms with E-state index in [1.807, 2.05) is 7.05 Å². The molecule has 0 saturated carbocycles. The lowest BCUT2D eigenvalue weighted by Gasteiger charge is -2.26. The third kappa shape index (κ3) is 4.63. The third-order valence-electron chi connectivity index (χ3n) is 3.05. The first-order valence-corrected chi connectivity index (χ1v) is 5.72. The summed E-state index contributed by atoms with van der Waals surface area (Å²) in [6, 6.07) is 0.685. The summed E-state index contributed by atoms with van der Waals surface area (Å²) in [5.41, 5.74) is 0. The summed E-state index contributed by atoms with van der Waals surface area (Å²) < 4.78 is 0. The molecular weight excluding hydrogens is 160 g/mol. The van der Waals surface area contributed by atoms with E-state index in [2.05, 4.69) is 17.1 Å². The lowest BCUT2D eigenvalue weighted by molar-refractivity contribution is 0.222. The predicted molar refractivity (Wildman–Crippen MR) is 58.0 cm³/mol. The zero-order chi connectivity index (χ0) is 9.52. The van der Waals surface area contributed by atoms with Crippen LogP contribution in [-0.4, -0.2) is 37.6 Å². The van der Waals surface area contributed by atoms with E-state index in [1.54, 1.807) is 0 Å². The molecule has 0 aliphatic carbocycles. The summed E-state index contributed by atoms with van der Waals surface area (Å²) in [5, 5.41) is 3.28. The highest BCUT2D eigenvalue weighted by Crippen LogP contribution is 2.09. The van der Waals surface area contributed by atoms with Gasteiger partial charge in [0.2, 0.25) is 0 Å². The van der Waals surface area contributed by atoms with E-state index >= 15 is 0 Å². The van der Waals surface area contributed by atoms with Crippen molar-refractivity contribution in [3.63, 3.8) is 0 Å². The van der Waals surface area contributed by atoms with Gasteiger partial charge in [0.15, 0.2) is 0 Å². The van der Waals surface area contributed by atoms with Crippen LogP contribution in [0.15, 0.2) is 0 Å². The molecule has 0 radical (unpaired) electrons. The number of piperidine rings is 1. The Balaban J connectivity index is 1.98. The Morgan fingerprint density at radius 1 is 1.23 bits per heavy atom. The Hall–Kier alpha value is -0.0800. The van der Waals surface area contributed by atoms with Crippen LogP contribution in [0, 0.1) is 0 Å². The molecule has 1 aliphatic heterocycles. The quantitative estimate of drug-likeness (QED) is 0.701. The van der Waals surface area contributed by atoms with Crippen molar-refractivity contribution in [1.29, 1.82) is 0 Å². The third-order valence-corrected chi connectivity index (χ3v) is 3.05. The highest BCUT2D eigenvalue weighted by molar-refractivity contribution is 4.66. The maximum absolute atomic E-state index is 3.28. The van der Waals surface area contributed by atoms with Crippen molar-refractivity contribution < 1.29 is 0 Å². The molecule has 1 unspecified atom stereocenters. The topological polar surface area (TPSA) is 15.3 Å². The van der Waals surface area contributed by atoms with E-state index in [9.17, 15) is 0 Å². The van der Waals surface area contributed by atoms with Crippen molar-refractivity contribution in [3.05, 3.63) is 0 Å². The summed E-state index contributed by atoms with van der Waals surface area (Å²) in [4.78, 5) is 2.62. The molecule has 2 heteroatoms. The number of hydrogen-bond acceptors (Lipinski definition) is 2. The van der Waals surface area contributed by atoms with Gasteiger partial charge in [-0.1, -0.05) is 6.42 Å². The van der Waals surface area contributed by atoms with Crippen molar-refractivity contribution in [2.45, 2.75) is 45.1 Å². The number of hydrogen-bond donors (Lipinski definition) is 1. The Morgan fingerprint density at radius 2 is 1.92 bits per heavy atom. The maximum atomic E-state index is 3.28. The molecule has 0 aromatic rings. The monoisotopic (exact) mass is 184 g/mol. The summed E-state index contributed by atoms with van der Waals surface area (Å²) in [7, 11) is 2.05. The SMILES string of the molecule is CNC(C)CCCN1CCCCC1. The van der Waals surface area contributed by atoms with Gasteiger partial charge >= 0.3 is 0 Å². The standard InChI is InChI=1S/C11H24N2/c1-11(12-2)7-6-10-13-8-4-3-5-9-13/h11-12H,3-10H2,1-2H3. The zero-order valence-electron chi connectivity index (χ0n) is 9.18. The smallest absolute Gasteiger partial charge is 0.00362 e. The van der Waals surface area contributed by atoms with Crippen molar-refractivity contribution >= 4 is 0 Å². The Bertz CT molecular complexity index is 119. The van der Waals surface area contributed by atoms with Gasteiger partial charge in [-0.25, -0.2) is 0 Å². The molecule has 1 aliphatic rings. The summed E-state index contributed by atoms with van der Waals surface area (Å²) in [6.45, 7) is 6.25. The molecule has 0 aromatic carbocycles. The van der Waals surface area contributed by atoms with Crippen LogP contribution in [0.5, 0.6) is 0 Å². The molecule has 13 heavy (non-hydrogen) atoms. The fraction of sp³-hybridized carbons (Fsp3) is 1.00. The van der Waals surface area contributed by atoms with Crippen LogP contribution in [0.1, 0.15) is 39.0 Å². The molecule has 0 aromatic heterocycles. The first kappa shape index (κ1) is 11.0. The predicted octanol–water partition coefficient (Wildman–Crippen LogP) is 1.86. The van der Waals surface area contributed by atoms with Crippen LogP contribution in [-0.2, 0) is 0 Å². The first-order chi connectivity index (χ1) is 6.33. The number of nitrogens with one attached hydrogen (secondary N) is 1. The molecule has 2 nitrogen and oxygen atoms in total. The first-order valence-electron chi connectivity index (χ1n) is 5.72. The van der Waals surface area contributed by atoms with Gasteiger partial charge in [-0.3, -0.25) is 0 Å². The van der Waals surface area contributed by atoms with Crippen molar-refractivity contribution in [2.75, 3.05) is 26.7 Å². The minimum atomic E-state index is 0.685. The van der Waals surface area contributed by atoms with Crippen LogP contribution >= 0.6 is 0 Å². The molecule has 1 N–H and O–H groups in total. The van der Waals surface area contributed by atoms with E-state index in [-0.39, 0.29) is 0 Å². The number of nitrogens with zero attached hydrogens (tertiary/aromatic N) is 1. The van der Waals surface area contributed by atoms with Crippen LogP contribution in [0.2, 0.25) is 0 Å². The molecule has 0 amide bonds. The van der Waals surface area contributed by atoms with Crippen LogP contribution < -0.4 is 5.32 Å². The lowest BCUT2D eigenvalue weighted by atomic mass is 10.1. The molecule has 0 bridgehead atoms. The normalized spacial score (nSPS) is 21.7. The summed E-state index contributed by atoms with van der Waals surface area (Å²) in [6.07, 6.45) is 6.95. The van der Waals surface area contributed by atoms with E-state index in [0.717, 1.165) is 0 Å². The van der Waals surface area contributed by atoms with E-state index in [0.29, 0.717) is 6.04 Å². The molecule has 1 rings (SSSR count). The van der Waals surface area contributed by atoms with Gasteiger partial charge in [0, 0.05) is 6.04 Å². The average Bonchev–Trinajstić information content (AvgIpc) is 2.19. The Kier molecular flexibility index (Phi) is 5.40. The van der Waals surface area contributed by atoms with Gasteiger partial charge in [0.25, 0.3) is 0 Å². The molecule has 78 valence electrons. The van der Waals surface area contributed by atoms with Crippen molar-refractivity contribution in [3.8, 4) is 0 Å². The molecule has 1 fully saturated rings.